The Bertz CT molecular complexity index is 880. The summed E-state index contributed by atoms with van der Waals surface area (Å²) in [6.45, 7) is 2.78. The third-order valence-corrected chi connectivity index (χ3v) is 5.80. The number of carbonyl (C=O) groups excluding carboxylic acids is 2. The van der Waals surface area contributed by atoms with Crippen molar-refractivity contribution in [2.75, 3.05) is 27.7 Å². The van der Waals surface area contributed by atoms with E-state index in [4.69, 9.17) is 0 Å². The average Bonchev–Trinajstić information content (AvgIpc) is 3.01. The molecule has 160 valence electrons. The third kappa shape index (κ3) is 5.05. The number of nitrogens with zero attached hydrogens (tertiary/aromatic N) is 2. The molecule has 1 heterocycles. The molecule has 1 aliphatic rings. The van der Waals surface area contributed by atoms with Crippen molar-refractivity contribution < 1.29 is 14.0 Å². The first kappa shape index (κ1) is 22.0. The minimum Gasteiger partial charge on any atom is -0.349 e. The molecule has 1 fully saturated rings. The molecule has 6 heteroatoms. The molecular weight excluding hydrogens is 381 g/mol. The molecule has 0 aromatic heterocycles. The predicted octanol–water partition coefficient (Wildman–Crippen LogP) is 3.46. The van der Waals surface area contributed by atoms with Gasteiger partial charge < -0.3 is 15.1 Å². The van der Waals surface area contributed by atoms with Gasteiger partial charge in [0.2, 0.25) is 11.8 Å². The maximum absolute atomic E-state index is 13.4. The van der Waals surface area contributed by atoms with Crippen LogP contribution in [0.5, 0.6) is 0 Å². The monoisotopic (exact) mass is 411 g/mol. The molecule has 0 saturated carbocycles. The van der Waals surface area contributed by atoms with E-state index in [0.717, 1.165) is 23.2 Å². The lowest BCUT2D eigenvalue weighted by atomic mass is 9.91. The first-order chi connectivity index (χ1) is 14.3. The van der Waals surface area contributed by atoms with Crippen molar-refractivity contribution in [2.45, 2.75) is 31.8 Å². The van der Waals surface area contributed by atoms with Gasteiger partial charge in [-0.05, 0) is 57.2 Å². The smallest absolute Gasteiger partial charge is 0.226 e. The van der Waals surface area contributed by atoms with Gasteiger partial charge in [0.25, 0.3) is 0 Å². The molecule has 1 aliphatic heterocycles. The van der Waals surface area contributed by atoms with Gasteiger partial charge in [0.1, 0.15) is 5.82 Å². The summed E-state index contributed by atoms with van der Waals surface area (Å²) in [6.07, 6.45) is 0.876. The lowest BCUT2D eigenvalue weighted by Gasteiger charge is -2.27. The number of hydrogen-bond acceptors (Lipinski definition) is 3. The fourth-order valence-corrected chi connectivity index (χ4v) is 4.01. The molecule has 3 atom stereocenters. The van der Waals surface area contributed by atoms with E-state index < -0.39 is 5.92 Å². The standard InChI is InChI=1S/C24H30FN3O2/c1-16-5-7-18(8-6-16)23-20(15-22(29)28(23)4)24(30)26-21(13-14-27(2)3)17-9-11-19(25)12-10-17/h5-12,20-21,23H,13-15H2,1-4H3,(H,26,30). The Labute approximate surface area is 177 Å². The second kappa shape index (κ2) is 9.39. The van der Waals surface area contributed by atoms with Crippen molar-refractivity contribution >= 4 is 11.8 Å². The van der Waals surface area contributed by atoms with Crippen LogP contribution in [-0.4, -0.2) is 49.3 Å². The molecule has 3 unspecified atom stereocenters. The summed E-state index contributed by atoms with van der Waals surface area (Å²) in [4.78, 5) is 29.5. The number of benzene rings is 2. The van der Waals surface area contributed by atoms with E-state index >= 15 is 0 Å². The van der Waals surface area contributed by atoms with E-state index in [2.05, 4.69) is 5.32 Å². The van der Waals surface area contributed by atoms with Gasteiger partial charge >= 0.3 is 0 Å². The number of halogens is 1. The van der Waals surface area contributed by atoms with E-state index in [1.165, 1.54) is 12.1 Å². The van der Waals surface area contributed by atoms with E-state index in [-0.39, 0.29) is 36.1 Å². The SMILES string of the molecule is Cc1ccc(C2C(C(=O)NC(CCN(C)C)c3ccc(F)cc3)CC(=O)N2C)cc1. The van der Waals surface area contributed by atoms with Gasteiger partial charge in [-0.3, -0.25) is 9.59 Å². The van der Waals surface area contributed by atoms with E-state index in [1.54, 1.807) is 24.1 Å². The summed E-state index contributed by atoms with van der Waals surface area (Å²) in [5.74, 6) is -0.954. The molecule has 3 rings (SSSR count). The number of aryl methyl sites for hydroxylation is 1. The van der Waals surface area contributed by atoms with Crippen LogP contribution in [0.1, 0.15) is 41.6 Å². The molecule has 0 radical (unpaired) electrons. The molecule has 2 aromatic rings. The Morgan fingerprint density at radius 1 is 1.17 bits per heavy atom. The molecule has 5 nitrogen and oxygen atoms in total. The van der Waals surface area contributed by atoms with Crippen molar-refractivity contribution in [1.29, 1.82) is 0 Å². The third-order valence-electron chi connectivity index (χ3n) is 5.80. The van der Waals surface area contributed by atoms with Crippen LogP contribution in [0, 0.1) is 18.7 Å². The van der Waals surface area contributed by atoms with Crippen molar-refractivity contribution in [3.05, 3.63) is 71.0 Å². The zero-order valence-electron chi connectivity index (χ0n) is 18.1. The molecule has 1 N–H and O–H groups in total. The summed E-state index contributed by atoms with van der Waals surface area (Å²) in [5, 5.41) is 3.14. The highest BCUT2D eigenvalue weighted by Gasteiger charge is 2.43. The second-order valence-electron chi connectivity index (χ2n) is 8.38. The molecule has 1 saturated heterocycles. The van der Waals surface area contributed by atoms with Gasteiger partial charge in [0.15, 0.2) is 0 Å². The number of hydrogen-bond donors (Lipinski definition) is 1. The van der Waals surface area contributed by atoms with Crippen LogP contribution >= 0.6 is 0 Å². The first-order valence-corrected chi connectivity index (χ1v) is 10.3. The van der Waals surface area contributed by atoms with Crippen LogP contribution in [-0.2, 0) is 9.59 Å². The quantitative estimate of drug-likeness (QED) is 0.759. The zero-order chi connectivity index (χ0) is 21.8. The highest BCUT2D eigenvalue weighted by atomic mass is 19.1. The number of nitrogens with one attached hydrogen (secondary N) is 1. The van der Waals surface area contributed by atoms with Crippen molar-refractivity contribution in [3.8, 4) is 0 Å². The summed E-state index contributed by atoms with van der Waals surface area (Å²) in [7, 11) is 5.70. The largest absolute Gasteiger partial charge is 0.349 e. The molecular formula is C24H30FN3O2. The van der Waals surface area contributed by atoms with Gasteiger partial charge in [-0.2, -0.15) is 0 Å². The molecule has 2 aromatic carbocycles. The van der Waals surface area contributed by atoms with Gasteiger partial charge in [-0.15, -0.1) is 0 Å². The first-order valence-electron chi connectivity index (χ1n) is 10.3. The Hall–Kier alpha value is -2.73. The maximum atomic E-state index is 13.4. The molecule has 2 amide bonds. The van der Waals surface area contributed by atoms with E-state index in [9.17, 15) is 14.0 Å². The highest BCUT2D eigenvalue weighted by molar-refractivity contribution is 5.90. The lowest BCUT2D eigenvalue weighted by Crippen LogP contribution is -2.37. The van der Waals surface area contributed by atoms with E-state index in [0.29, 0.717) is 6.42 Å². The fourth-order valence-electron chi connectivity index (χ4n) is 4.01. The fraction of sp³-hybridized carbons (Fsp3) is 0.417. The van der Waals surface area contributed by atoms with Crippen molar-refractivity contribution in [2.24, 2.45) is 5.92 Å². The van der Waals surface area contributed by atoms with Crippen molar-refractivity contribution in [1.82, 2.24) is 15.1 Å². The molecule has 30 heavy (non-hydrogen) atoms. The van der Waals surface area contributed by atoms with Crippen LogP contribution in [0.25, 0.3) is 0 Å². The van der Waals surface area contributed by atoms with Crippen LogP contribution in [0.2, 0.25) is 0 Å². The molecule has 0 bridgehead atoms. The Morgan fingerprint density at radius 2 is 1.80 bits per heavy atom. The molecule has 0 spiro atoms. The lowest BCUT2D eigenvalue weighted by molar-refractivity contribution is -0.128. The van der Waals surface area contributed by atoms with Crippen LogP contribution in [0.15, 0.2) is 48.5 Å². The summed E-state index contributed by atoms with van der Waals surface area (Å²) >= 11 is 0. The van der Waals surface area contributed by atoms with Gasteiger partial charge in [0, 0.05) is 13.5 Å². The highest BCUT2D eigenvalue weighted by Crippen LogP contribution is 2.37. The average molecular weight is 412 g/mol. The van der Waals surface area contributed by atoms with Gasteiger partial charge in [-0.1, -0.05) is 42.0 Å². The van der Waals surface area contributed by atoms with E-state index in [1.807, 2.05) is 50.2 Å². The topological polar surface area (TPSA) is 52.7 Å². The van der Waals surface area contributed by atoms with Gasteiger partial charge in [0.05, 0.1) is 18.0 Å². The minimum absolute atomic E-state index is 0.0349. The number of rotatable bonds is 7. The van der Waals surface area contributed by atoms with Gasteiger partial charge in [-0.25, -0.2) is 4.39 Å². The Balaban J connectivity index is 1.82. The number of amides is 2. The number of carbonyl (C=O) groups is 2. The van der Waals surface area contributed by atoms with Crippen LogP contribution < -0.4 is 5.32 Å². The maximum Gasteiger partial charge on any atom is 0.226 e. The van der Waals surface area contributed by atoms with Crippen LogP contribution in [0.3, 0.4) is 0 Å². The minimum atomic E-state index is -0.465. The summed E-state index contributed by atoms with van der Waals surface area (Å²) in [5.41, 5.74) is 2.95. The summed E-state index contributed by atoms with van der Waals surface area (Å²) in [6, 6.07) is 13.7. The summed E-state index contributed by atoms with van der Waals surface area (Å²) < 4.78 is 13.4. The Morgan fingerprint density at radius 3 is 2.40 bits per heavy atom. The predicted molar refractivity (Wildman–Crippen MR) is 115 cm³/mol. The zero-order valence-corrected chi connectivity index (χ0v) is 18.1. The Kier molecular flexibility index (Phi) is 6.87. The molecule has 0 aliphatic carbocycles. The normalized spacial score (nSPS) is 19.9. The second-order valence-corrected chi connectivity index (χ2v) is 8.38. The van der Waals surface area contributed by atoms with Crippen molar-refractivity contribution in [3.63, 3.8) is 0 Å². The van der Waals surface area contributed by atoms with Crippen LogP contribution in [0.4, 0.5) is 4.39 Å². The number of likely N-dealkylation sites (tertiary alicyclic amines) is 1.